The Labute approximate surface area is 103 Å². The highest BCUT2D eigenvalue weighted by molar-refractivity contribution is 7.84. The van der Waals surface area contributed by atoms with Gasteiger partial charge in [-0.05, 0) is 12.3 Å². The molecule has 2 unspecified atom stereocenters. The molecule has 98 valence electrons. The van der Waals surface area contributed by atoms with E-state index in [1.54, 1.807) is 27.0 Å². The lowest BCUT2D eigenvalue weighted by molar-refractivity contribution is -0.140. The molecule has 1 saturated carbocycles. The second kappa shape index (κ2) is 4.76. The fraction of sp³-hybridized carbons (Fsp3) is 0.818. The standard InChI is InChI=1S/C11H19NO4S/c1-6(17(4)16)5-12-9(13)7-8(10(14)15)11(7,2)3/h6-8H,5H2,1-4H3,(H,12,13)(H,14,15)/t6?,7-,8+,17?/m1/s1. The summed E-state index contributed by atoms with van der Waals surface area (Å²) in [7, 11) is -0.987. The Hall–Kier alpha value is -0.910. The Morgan fingerprint density at radius 2 is 1.94 bits per heavy atom. The van der Waals surface area contributed by atoms with Crippen molar-refractivity contribution in [2.45, 2.75) is 26.0 Å². The number of amides is 1. The summed E-state index contributed by atoms with van der Waals surface area (Å²) >= 11 is 0. The average molecular weight is 261 g/mol. The van der Waals surface area contributed by atoms with Gasteiger partial charge in [-0.25, -0.2) is 0 Å². The lowest BCUT2D eigenvalue weighted by atomic mass is 10.1. The van der Waals surface area contributed by atoms with Crippen LogP contribution >= 0.6 is 0 Å². The molecule has 0 bridgehead atoms. The van der Waals surface area contributed by atoms with Crippen LogP contribution in [0.15, 0.2) is 0 Å². The highest BCUT2D eigenvalue weighted by Crippen LogP contribution is 2.58. The van der Waals surface area contributed by atoms with Crippen molar-refractivity contribution in [3.63, 3.8) is 0 Å². The molecule has 1 rings (SSSR count). The van der Waals surface area contributed by atoms with Gasteiger partial charge in [-0.15, -0.1) is 0 Å². The summed E-state index contributed by atoms with van der Waals surface area (Å²) in [5, 5.41) is 11.5. The van der Waals surface area contributed by atoms with E-state index in [4.69, 9.17) is 5.11 Å². The molecule has 1 amide bonds. The molecule has 6 heteroatoms. The summed E-state index contributed by atoms with van der Waals surface area (Å²) < 4.78 is 11.1. The Morgan fingerprint density at radius 1 is 1.41 bits per heavy atom. The number of carbonyl (C=O) groups excluding carboxylic acids is 1. The van der Waals surface area contributed by atoms with E-state index in [1.165, 1.54) is 0 Å². The molecular formula is C11H19NO4S. The van der Waals surface area contributed by atoms with Crippen molar-refractivity contribution in [2.75, 3.05) is 12.8 Å². The van der Waals surface area contributed by atoms with E-state index in [0.717, 1.165) is 0 Å². The van der Waals surface area contributed by atoms with Crippen molar-refractivity contribution in [1.82, 2.24) is 5.32 Å². The first-order chi connectivity index (χ1) is 7.69. The van der Waals surface area contributed by atoms with Crippen molar-refractivity contribution in [3.05, 3.63) is 0 Å². The molecule has 0 aromatic carbocycles. The Morgan fingerprint density at radius 3 is 2.29 bits per heavy atom. The van der Waals surface area contributed by atoms with Crippen LogP contribution in [-0.4, -0.2) is 39.2 Å². The zero-order valence-electron chi connectivity index (χ0n) is 10.5. The van der Waals surface area contributed by atoms with Crippen molar-refractivity contribution in [1.29, 1.82) is 0 Å². The maximum absolute atomic E-state index is 11.8. The monoisotopic (exact) mass is 261 g/mol. The number of carboxylic acids is 1. The molecule has 2 N–H and O–H groups in total. The first-order valence-electron chi connectivity index (χ1n) is 5.52. The molecule has 0 aromatic rings. The van der Waals surface area contributed by atoms with Crippen LogP contribution in [0.3, 0.4) is 0 Å². The van der Waals surface area contributed by atoms with Gasteiger partial charge in [-0.2, -0.15) is 0 Å². The van der Waals surface area contributed by atoms with E-state index < -0.39 is 34.0 Å². The molecule has 1 aliphatic carbocycles. The molecule has 0 aromatic heterocycles. The topological polar surface area (TPSA) is 83.5 Å². The van der Waals surface area contributed by atoms with Crippen LogP contribution in [-0.2, 0) is 20.4 Å². The number of hydrogen-bond acceptors (Lipinski definition) is 3. The predicted octanol–water partition coefficient (Wildman–Crippen LogP) is 0.226. The second-order valence-electron chi connectivity index (χ2n) is 5.17. The third-order valence-corrected chi connectivity index (χ3v) is 4.81. The van der Waals surface area contributed by atoms with Gasteiger partial charge in [0.15, 0.2) is 0 Å². The Bertz CT molecular complexity index is 366. The normalized spacial score (nSPS) is 29.2. The van der Waals surface area contributed by atoms with Crippen molar-refractivity contribution in [3.8, 4) is 0 Å². The van der Waals surface area contributed by atoms with Crippen LogP contribution in [0.2, 0.25) is 0 Å². The van der Waals surface area contributed by atoms with Gasteiger partial charge in [-0.1, -0.05) is 13.8 Å². The zero-order valence-corrected chi connectivity index (χ0v) is 11.3. The smallest absolute Gasteiger partial charge is 0.307 e. The first kappa shape index (κ1) is 14.2. The largest absolute Gasteiger partial charge is 0.481 e. The molecule has 0 heterocycles. The van der Waals surface area contributed by atoms with Gasteiger partial charge in [0.25, 0.3) is 0 Å². The van der Waals surface area contributed by atoms with Gasteiger partial charge < -0.3 is 10.4 Å². The van der Waals surface area contributed by atoms with Gasteiger partial charge in [0.2, 0.25) is 5.91 Å². The van der Waals surface area contributed by atoms with Crippen LogP contribution in [0.1, 0.15) is 20.8 Å². The number of hydrogen-bond donors (Lipinski definition) is 2. The van der Waals surface area contributed by atoms with E-state index in [2.05, 4.69) is 5.32 Å². The molecular weight excluding hydrogens is 242 g/mol. The number of rotatable bonds is 5. The van der Waals surface area contributed by atoms with Gasteiger partial charge in [-0.3, -0.25) is 13.8 Å². The number of aliphatic carboxylic acids is 1. The first-order valence-corrected chi connectivity index (χ1v) is 7.14. The lowest BCUT2D eigenvalue weighted by Crippen LogP contribution is -2.34. The number of carbonyl (C=O) groups is 2. The van der Waals surface area contributed by atoms with E-state index in [0.29, 0.717) is 6.54 Å². The molecule has 1 fully saturated rings. The molecule has 17 heavy (non-hydrogen) atoms. The quantitative estimate of drug-likeness (QED) is 0.742. The van der Waals surface area contributed by atoms with Crippen LogP contribution < -0.4 is 5.32 Å². The van der Waals surface area contributed by atoms with Crippen LogP contribution in [0.25, 0.3) is 0 Å². The second-order valence-corrected chi connectivity index (χ2v) is 6.97. The van der Waals surface area contributed by atoms with Crippen molar-refractivity contribution in [2.24, 2.45) is 17.3 Å². The van der Waals surface area contributed by atoms with E-state index in [9.17, 15) is 13.8 Å². The molecule has 0 radical (unpaired) electrons. The fourth-order valence-electron chi connectivity index (χ4n) is 2.06. The highest BCUT2D eigenvalue weighted by Gasteiger charge is 2.65. The predicted molar refractivity (Wildman–Crippen MR) is 64.9 cm³/mol. The molecule has 0 aliphatic heterocycles. The lowest BCUT2D eigenvalue weighted by Gasteiger charge is -2.10. The maximum atomic E-state index is 11.8. The summed E-state index contributed by atoms with van der Waals surface area (Å²) in [6, 6.07) is 0. The van der Waals surface area contributed by atoms with Gasteiger partial charge in [0.05, 0.1) is 11.8 Å². The summed E-state index contributed by atoms with van der Waals surface area (Å²) in [5.74, 6) is -2.26. The number of nitrogens with one attached hydrogen (secondary N) is 1. The highest BCUT2D eigenvalue weighted by atomic mass is 32.2. The summed E-state index contributed by atoms with van der Waals surface area (Å²) in [5.41, 5.74) is -0.482. The SMILES string of the molecule is CC(CNC(=O)[C@H]1[C@@H](C(=O)O)C1(C)C)S(C)=O. The minimum absolute atomic E-state index is 0.121. The minimum Gasteiger partial charge on any atom is -0.481 e. The fourth-order valence-corrected chi connectivity index (χ4v) is 2.38. The summed E-state index contributed by atoms with van der Waals surface area (Å²) in [6.45, 7) is 5.65. The molecule has 1 aliphatic rings. The van der Waals surface area contributed by atoms with Gasteiger partial charge >= 0.3 is 5.97 Å². The minimum atomic E-state index is -0.987. The average Bonchev–Trinajstić information content (AvgIpc) is 2.77. The third kappa shape index (κ3) is 2.86. The summed E-state index contributed by atoms with van der Waals surface area (Å²) in [6.07, 6.45) is 1.58. The Kier molecular flexibility index (Phi) is 3.96. The molecule has 0 saturated heterocycles. The van der Waals surface area contributed by atoms with Crippen molar-refractivity contribution < 1.29 is 18.9 Å². The molecule has 0 spiro atoms. The third-order valence-electron chi connectivity index (χ3n) is 3.51. The van der Waals surface area contributed by atoms with Gasteiger partial charge in [0.1, 0.15) is 0 Å². The van der Waals surface area contributed by atoms with Gasteiger partial charge in [0, 0.05) is 28.9 Å². The van der Waals surface area contributed by atoms with E-state index in [1.807, 2.05) is 0 Å². The Balaban J connectivity index is 2.51. The van der Waals surface area contributed by atoms with Crippen LogP contribution in [0.4, 0.5) is 0 Å². The van der Waals surface area contributed by atoms with Crippen LogP contribution in [0.5, 0.6) is 0 Å². The maximum Gasteiger partial charge on any atom is 0.307 e. The van der Waals surface area contributed by atoms with E-state index >= 15 is 0 Å². The molecule has 4 atom stereocenters. The number of carboxylic acid groups (broad SMARTS) is 1. The zero-order chi connectivity index (χ0) is 13.4. The summed E-state index contributed by atoms with van der Waals surface area (Å²) in [4.78, 5) is 22.7. The van der Waals surface area contributed by atoms with Crippen molar-refractivity contribution >= 4 is 22.7 Å². The van der Waals surface area contributed by atoms with Crippen LogP contribution in [0, 0.1) is 17.3 Å². The molecule has 5 nitrogen and oxygen atoms in total. The van der Waals surface area contributed by atoms with E-state index in [-0.39, 0.29) is 11.2 Å².